The molecule has 1 rings (SSSR count). The maximum Gasteiger partial charge on any atom is 0.185 e. The summed E-state index contributed by atoms with van der Waals surface area (Å²) >= 11 is 0. The molecule has 2 heteroatoms. The van der Waals surface area contributed by atoms with Gasteiger partial charge in [-0.15, -0.1) is 0 Å². The summed E-state index contributed by atoms with van der Waals surface area (Å²) in [6.07, 6.45) is 11.0. The third-order valence-electron chi connectivity index (χ3n) is 2.69. The van der Waals surface area contributed by atoms with Crippen molar-refractivity contribution in [2.24, 2.45) is 0 Å². The Bertz CT molecular complexity index is 276. The monoisotopic (exact) mass is 208 g/mol. The molecule has 1 aromatic heterocycles. The summed E-state index contributed by atoms with van der Waals surface area (Å²) in [5.74, 6) is 0.503. The van der Waals surface area contributed by atoms with Crippen molar-refractivity contribution in [3.63, 3.8) is 0 Å². The normalized spacial score (nSPS) is 10.5. The van der Waals surface area contributed by atoms with Gasteiger partial charge in [0.2, 0.25) is 0 Å². The molecule has 0 unspecified atom stereocenters. The first kappa shape index (κ1) is 12.0. The zero-order chi connectivity index (χ0) is 10.9. The Balaban J connectivity index is 2.12. The second-order valence-electron chi connectivity index (χ2n) is 3.95. The van der Waals surface area contributed by atoms with Gasteiger partial charge in [-0.2, -0.15) is 0 Å². The molecule has 0 bridgehead atoms. The molecule has 1 heterocycles. The minimum absolute atomic E-state index is 0.503. The number of hydrogen-bond acceptors (Lipinski definition) is 2. The fourth-order valence-electron chi connectivity index (χ4n) is 1.75. The Morgan fingerprint density at radius 3 is 2.67 bits per heavy atom. The predicted octanol–water partition coefficient (Wildman–Crippen LogP) is 4.00. The first-order chi connectivity index (χ1) is 7.38. The van der Waals surface area contributed by atoms with Crippen LogP contribution in [0.25, 0.3) is 0 Å². The van der Waals surface area contributed by atoms with Crippen LogP contribution in [-0.2, 0) is 6.42 Å². The van der Waals surface area contributed by atoms with Crippen molar-refractivity contribution in [1.29, 1.82) is 0 Å². The predicted molar refractivity (Wildman–Crippen MR) is 61.2 cm³/mol. The summed E-state index contributed by atoms with van der Waals surface area (Å²) in [6.45, 7) is 2.22. The second-order valence-corrected chi connectivity index (χ2v) is 3.95. The molecule has 0 amide bonds. The number of aldehydes is 1. The van der Waals surface area contributed by atoms with E-state index in [1.807, 2.05) is 6.07 Å². The Hall–Kier alpha value is -1.05. The highest BCUT2D eigenvalue weighted by Crippen LogP contribution is 2.13. The van der Waals surface area contributed by atoms with E-state index in [0.29, 0.717) is 5.76 Å². The lowest BCUT2D eigenvalue weighted by Crippen LogP contribution is -1.88. The van der Waals surface area contributed by atoms with Crippen molar-refractivity contribution in [2.75, 3.05) is 0 Å². The van der Waals surface area contributed by atoms with Gasteiger partial charge in [0.25, 0.3) is 0 Å². The number of carbonyl (C=O) groups is 1. The van der Waals surface area contributed by atoms with Gasteiger partial charge in [-0.3, -0.25) is 4.79 Å². The molecule has 84 valence electrons. The molecule has 2 nitrogen and oxygen atoms in total. The first-order valence-corrected chi connectivity index (χ1v) is 5.90. The smallest absolute Gasteiger partial charge is 0.185 e. The summed E-state index contributed by atoms with van der Waals surface area (Å²) in [7, 11) is 0. The molecule has 15 heavy (non-hydrogen) atoms. The van der Waals surface area contributed by atoms with Gasteiger partial charge >= 0.3 is 0 Å². The number of unbranched alkanes of at least 4 members (excludes halogenated alkanes) is 5. The van der Waals surface area contributed by atoms with Crippen molar-refractivity contribution in [1.82, 2.24) is 0 Å². The first-order valence-electron chi connectivity index (χ1n) is 5.90. The molecule has 0 aliphatic rings. The third-order valence-corrected chi connectivity index (χ3v) is 2.69. The molecule has 0 aliphatic carbocycles. The lowest BCUT2D eigenvalue weighted by Gasteiger charge is -1.99. The van der Waals surface area contributed by atoms with E-state index in [-0.39, 0.29) is 0 Å². The summed E-state index contributed by atoms with van der Waals surface area (Å²) in [6, 6.07) is 1.90. The number of rotatable bonds is 8. The van der Waals surface area contributed by atoms with Crippen LogP contribution in [0.5, 0.6) is 0 Å². The summed E-state index contributed by atoms with van der Waals surface area (Å²) in [4.78, 5) is 10.6. The summed E-state index contributed by atoms with van der Waals surface area (Å²) in [5.41, 5.74) is 1.06. The van der Waals surface area contributed by atoms with Crippen molar-refractivity contribution in [3.8, 4) is 0 Å². The van der Waals surface area contributed by atoms with E-state index in [1.54, 1.807) is 6.26 Å². The number of aryl methyl sites for hydroxylation is 1. The maximum absolute atomic E-state index is 10.6. The molecule has 0 saturated heterocycles. The van der Waals surface area contributed by atoms with E-state index in [4.69, 9.17) is 4.42 Å². The largest absolute Gasteiger partial charge is 0.461 e. The van der Waals surface area contributed by atoms with Crippen LogP contribution >= 0.6 is 0 Å². The van der Waals surface area contributed by atoms with Crippen molar-refractivity contribution < 1.29 is 9.21 Å². The average Bonchev–Trinajstić information content (AvgIpc) is 2.70. The Morgan fingerprint density at radius 2 is 1.93 bits per heavy atom. The minimum atomic E-state index is 0.503. The van der Waals surface area contributed by atoms with Crippen LogP contribution in [0.4, 0.5) is 0 Å². The highest BCUT2D eigenvalue weighted by molar-refractivity contribution is 5.72. The maximum atomic E-state index is 10.6. The molecule has 0 radical (unpaired) electrons. The standard InChI is InChI=1S/C13H20O2/c1-2-3-4-5-6-7-8-12-9-10-15-13(12)11-14/h9-11H,2-8H2,1H3. The molecule has 0 spiro atoms. The zero-order valence-corrected chi connectivity index (χ0v) is 9.50. The van der Waals surface area contributed by atoms with Crippen molar-refractivity contribution >= 4 is 6.29 Å². The third kappa shape index (κ3) is 4.32. The fourth-order valence-corrected chi connectivity index (χ4v) is 1.75. The van der Waals surface area contributed by atoms with Crippen LogP contribution in [0, 0.1) is 0 Å². The van der Waals surface area contributed by atoms with Gasteiger partial charge in [-0.25, -0.2) is 0 Å². The van der Waals surface area contributed by atoms with E-state index >= 15 is 0 Å². The summed E-state index contributed by atoms with van der Waals surface area (Å²) in [5, 5.41) is 0. The van der Waals surface area contributed by atoms with Crippen molar-refractivity contribution in [3.05, 3.63) is 23.7 Å². The average molecular weight is 208 g/mol. The quantitative estimate of drug-likeness (QED) is 0.477. The second kappa shape index (κ2) is 7.27. The topological polar surface area (TPSA) is 30.2 Å². The molecule has 0 aromatic carbocycles. The van der Waals surface area contributed by atoms with E-state index in [1.165, 1.54) is 32.1 Å². The van der Waals surface area contributed by atoms with Crippen LogP contribution < -0.4 is 0 Å². The Labute approximate surface area is 91.7 Å². The molecule has 0 atom stereocenters. The highest BCUT2D eigenvalue weighted by atomic mass is 16.3. The lowest BCUT2D eigenvalue weighted by atomic mass is 10.1. The Kier molecular flexibility index (Phi) is 5.83. The molecular formula is C13H20O2. The minimum Gasteiger partial charge on any atom is -0.461 e. The van der Waals surface area contributed by atoms with Crippen LogP contribution in [-0.4, -0.2) is 6.29 Å². The molecule has 0 N–H and O–H groups in total. The van der Waals surface area contributed by atoms with E-state index in [2.05, 4.69) is 6.92 Å². The highest BCUT2D eigenvalue weighted by Gasteiger charge is 2.03. The van der Waals surface area contributed by atoms with Crippen LogP contribution in [0.1, 0.15) is 61.6 Å². The van der Waals surface area contributed by atoms with Gasteiger partial charge in [-0.05, 0) is 18.9 Å². The fraction of sp³-hybridized carbons (Fsp3) is 0.615. The van der Waals surface area contributed by atoms with Gasteiger partial charge in [0.05, 0.1) is 6.26 Å². The Morgan fingerprint density at radius 1 is 1.20 bits per heavy atom. The zero-order valence-electron chi connectivity index (χ0n) is 9.50. The van der Waals surface area contributed by atoms with Gasteiger partial charge in [0.15, 0.2) is 12.0 Å². The van der Waals surface area contributed by atoms with Crippen LogP contribution in [0.2, 0.25) is 0 Å². The number of hydrogen-bond donors (Lipinski definition) is 0. The molecular weight excluding hydrogens is 188 g/mol. The van der Waals surface area contributed by atoms with Crippen molar-refractivity contribution in [2.45, 2.75) is 51.9 Å². The van der Waals surface area contributed by atoms with Gasteiger partial charge < -0.3 is 4.42 Å². The SMILES string of the molecule is CCCCCCCCc1ccoc1C=O. The molecule has 1 aromatic rings. The summed E-state index contributed by atoms with van der Waals surface area (Å²) < 4.78 is 5.04. The van der Waals surface area contributed by atoms with Gasteiger partial charge in [-0.1, -0.05) is 39.0 Å². The lowest BCUT2D eigenvalue weighted by molar-refractivity contribution is 0.109. The molecule has 0 fully saturated rings. The molecule has 0 aliphatic heterocycles. The van der Waals surface area contributed by atoms with E-state index < -0.39 is 0 Å². The van der Waals surface area contributed by atoms with Crippen LogP contribution in [0.3, 0.4) is 0 Å². The molecule has 0 saturated carbocycles. The van der Waals surface area contributed by atoms with Crippen LogP contribution in [0.15, 0.2) is 16.7 Å². The van der Waals surface area contributed by atoms with Gasteiger partial charge in [0.1, 0.15) is 0 Å². The number of furan rings is 1. The van der Waals surface area contributed by atoms with E-state index in [0.717, 1.165) is 24.7 Å². The number of carbonyl (C=O) groups excluding carboxylic acids is 1. The van der Waals surface area contributed by atoms with Gasteiger partial charge in [0, 0.05) is 5.56 Å². The van der Waals surface area contributed by atoms with E-state index in [9.17, 15) is 4.79 Å².